The number of phenolic OH excluding ortho intramolecular Hbond substituents is 1. The van der Waals surface area contributed by atoms with Crippen LogP contribution in [0.4, 0.5) is 4.79 Å². The fourth-order valence-corrected chi connectivity index (χ4v) is 10.3. The van der Waals surface area contributed by atoms with Gasteiger partial charge in [-0.2, -0.15) is 0 Å². The number of aromatic amines is 1. The zero-order chi connectivity index (χ0) is 67.1. The quantitative estimate of drug-likeness (QED) is 0.0124. The molecule has 0 aliphatic carbocycles. The van der Waals surface area contributed by atoms with E-state index in [9.17, 15) is 67.7 Å². The molecule has 30 heteroatoms. The number of H-pyrrole nitrogens is 1. The van der Waals surface area contributed by atoms with Gasteiger partial charge < -0.3 is 74.5 Å². The molecule has 0 radical (unpaired) electrons. The van der Waals surface area contributed by atoms with Gasteiger partial charge in [0.2, 0.25) is 59.1 Å². The first kappa shape index (κ1) is 71.5. The number of likely N-dealkylation sites (tertiary alicyclic amines) is 1. The van der Waals surface area contributed by atoms with Crippen LogP contribution in [0.25, 0.3) is 0 Å². The van der Waals surface area contributed by atoms with Crippen molar-refractivity contribution in [2.45, 2.75) is 146 Å². The predicted molar refractivity (Wildman–Crippen MR) is 329 cm³/mol. The number of primary amides is 1. The largest absolute Gasteiger partial charge is 0.508 e. The minimum absolute atomic E-state index is 0.000167. The Labute approximate surface area is 525 Å². The third kappa shape index (κ3) is 20.7. The van der Waals surface area contributed by atoms with Crippen molar-refractivity contribution < 1.29 is 67.7 Å². The average molecular weight is 1260 g/mol. The second-order valence-electron chi connectivity index (χ2n) is 22.7. The van der Waals surface area contributed by atoms with Gasteiger partial charge in [-0.25, -0.2) is 14.6 Å². The number of nitrogens with zero attached hydrogens (tertiary/aromatic N) is 2. The summed E-state index contributed by atoms with van der Waals surface area (Å²) in [6.07, 6.45) is 3.17. The Morgan fingerprint density at radius 1 is 0.692 bits per heavy atom. The number of carboxylic acid groups (broad SMARTS) is 1. The molecule has 0 spiro atoms. The Balaban J connectivity index is 0.000000756. The summed E-state index contributed by atoms with van der Waals surface area (Å²) in [7, 11) is 0. The van der Waals surface area contributed by atoms with Gasteiger partial charge in [0.1, 0.15) is 48.0 Å². The van der Waals surface area contributed by atoms with Crippen LogP contribution < -0.4 is 65.1 Å². The van der Waals surface area contributed by atoms with E-state index in [1.54, 1.807) is 95.3 Å². The van der Waals surface area contributed by atoms with Gasteiger partial charge in [0.05, 0.1) is 18.8 Å². The summed E-state index contributed by atoms with van der Waals surface area (Å²) in [5, 5.41) is 50.2. The lowest BCUT2D eigenvalue weighted by atomic mass is 9.75. The molecule has 91 heavy (non-hydrogen) atoms. The number of hydrogen-bond acceptors (Lipinski definition) is 16. The highest BCUT2D eigenvalue weighted by atomic mass is 16.4. The van der Waals surface area contributed by atoms with Gasteiger partial charge in [-0.1, -0.05) is 107 Å². The van der Waals surface area contributed by atoms with Crippen molar-refractivity contribution in [3.8, 4) is 5.75 Å². The topological polar surface area (TPSA) is 487 Å². The number of carboxylic acids is 1. The average Bonchev–Trinajstić information content (AvgIpc) is 1.08. The Morgan fingerprint density at radius 3 is 1.76 bits per heavy atom. The molecule has 0 bridgehead atoms. The van der Waals surface area contributed by atoms with E-state index >= 15 is 0 Å². The number of imidazole rings is 1. The third-order valence-electron chi connectivity index (χ3n) is 15.2. The molecular weight excluding hydrogens is 1180 g/mol. The molecule has 8 atom stereocenters. The number of hydrogen-bond donors (Lipinski definition) is 16. The van der Waals surface area contributed by atoms with Gasteiger partial charge in [0.15, 0.2) is 11.4 Å². The Morgan fingerprint density at radius 2 is 1.23 bits per heavy atom. The molecule has 2 fully saturated rings. The highest BCUT2D eigenvalue weighted by Crippen LogP contribution is 2.30. The molecule has 6 rings (SSSR count). The van der Waals surface area contributed by atoms with Crippen LogP contribution in [0, 0.1) is 17.2 Å². The van der Waals surface area contributed by atoms with Gasteiger partial charge in [-0.3, -0.25) is 64.0 Å². The number of phenols is 1. The lowest BCUT2D eigenvalue weighted by Gasteiger charge is -2.33. The number of amides is 12. The lowest BCUT2D eigenvalue weighted by Crippen LogP contribution is -2.64. The van der Waals surface area contributed by atoms with Crippen LogP contribution in [0.15, 0.2) is 97.5 Å². The maximum Gasteiger partial charge on any atom is 0.328 e. The van der Waals surface area contributed by atoms with Gasteiger partial charge in [0.25, 0.3) is 0 Å². The molecule has 3 heterocycles. The zero-order valence-electron chi connectivity index (χ0n) is 51.2. The van der Waals surface area contributed by atoms with Crippen molar-refractivity contribution in [2.75, 3.05) is 13.1 Å². The number of carbonyl (C=O) groups excluding carboxylic acids is 11. The van der Waals surface area contributed by atoms with Gasteiger partial charge in [-0.05, 0) is 72.8 Å². The third-order valence-corrected chi connectivity index (χ3v) is 15.2. The van der Waals surface area contributed by atoms with Crippen LogP contribution >= 0.6 is 0 Å². The number of barbiturate groups is 1. The standard InChI is InChI=1S/C49H70N14O11.C12H12N2O3/c1-26(2)39(61-42(67)33(12-8-18-55-49(52)53)57-41(66)32(50)23-38(51)65)45(70)58-34(20-29-14-16-31(64)17-15-29)43(68)62-40(27(3)4)46(71)59-35(22-30-24-54-25-56-30)47(72)63-19-9-13-37(63)44(69)60-36(48(73)74)21-28-10-6-5-7-11-28;1-2-12(8-6-4-3-5-7-8)9(15)13-11(17)14-10(12)16/h5-7,10-11,14-17,24-27,32-37,39-40,64H,8-9,12-13,18-23,50H2,1-4H3,(H2,51,65)(H,54,56)(H,57,66)(H,58,70)(H,59,71)(H,60,69)(H,61,67)(H,62,68)(H,73,74)(H4,52,53,55);3-7H,2H2,1H3,(H2,13,14,15,16,17)/t32-,33-,34-,35-,36-,37-,39-,40-;/m0./s1. The van der Waals surface area contributed by atoms with Gasteiger partial charge >= 0.3 is 12.0 Å². The maximum absolute atomic E-state index is 14.5. The highest BCUT2D eigenvalue weighted by Gasteiger charge is 2.50. The van der Waals surface area contributed by atoms with E-state index in [1.165, 1.54) is 41.7 Å². The van der Waals surface area contributed by atoms with E-state index in [4.69, 9.17) is 22.6 Å². The first-order valence-corrected chi connectivity index (χ1v) is 29.6. The second-order valence-corrected chi connectivity index (χ2v) is 22.7. The van der Waals surface area contributed by atoms with Crippen LogP contribution in [-0.2, 0) is 77.4 Å². The summed E-state index contributed by atoms with van der Waals surface area (Å²) in [5.41, 5.74) is 17.3. The molecule has 0 saturated carbocycles. The van der Waals surface area contributed by atoms with Crippen molar-refractivity contribution in [2.24, 2.45) is 29.0 Å². The normalized spacial score (nSPS) is 16.5. The number of aliphatic carboxylic acids is 1. The van der Waals surface area contributed by atoms with Crippen LogP contribution in [0.2, 0.25) is 0 Å². The Kier molecular flexibility index (Phi) is 26.6. The number of guanidine groups is 1. The number of urea groups is 1. The van der Waals surface area contributed by atoms with Gasteiger partial charge in [-0.15, -0.1) is 0 Å². The summed E-state index contributed by atoms with van der Waals surface area (Å²) in [6, 6.07) is 12.1. The van der Waals surface area contributed by atoms with E-state index in [-0.39, 0.29) is 63.3 Å². The molecular formula is C61H82N16O14. The molecule has 2 saturated heterocycles. The predicted octanol–water partition coefficient (Wildman–Crippen LogP) is -1.39. The maximum atomic E-state index is 14.5. The van der Waals surface area contributed by atoms with E-state index in [1.807, 2.05) is 0 Å². The van der Waals surface area contributed by atoms with Crippen molar-refractivity contribution in [3.05, 3.63) is 120 Å². The SMILES string of the molecule is CC(C)[C@H](NC(=O)[C@H](CCCNC(=N)N)NC(=O)[C@@H](N)CC(N)=O)C(=O)N[C@@H](Cc1ccc(O)cc1)C(=O)N[C@H](C(=O)N[C@@H](Cc1cnc[nH]1)C(=O)N1CCC[C@H]1C(=O)N[C@@H](Cc1ccccc1)C(=O)O)C(C)C.CCC1(c2ccccc2)C(=O)NC(=O)NC1=O. The smallest absolute Gasteiger partial charge is 0.328 e. The van der Waals surface area contributed by atoms with Gasteiger partial charge in [0, 0.05) is 44.2 Å². The molecule has 3 aromatic carbocycles. The number of benzene rings is 3. The Bertz CT molecular complexity index is 3200. The minimum atomic E-state index is -1.41. The molecule has 19 N–H and O–H groups in total. The molecule has 490 valence electrons. The van der Waals surface area contributed by atoms with Crippen LogP contribution in [0.1, 0.15) is 95.5 Å². The minimum Gasteiger partial charge on any atom is -0.508 e. The van der Waals surface area contributed by atoms with Crippen LogP contribution in [0.3, 0.4) is 0 Å². The van der Waals surface area contributed by atoms with E-state index in [0.717, 1.165) is 0 Å². The van der Waals surface area contributed by atoms with Crippen molar-refractivity contribution >= 4 is 77.0 Å². The number of aromatic hydroxyl groups is 1. The molecule has 12 amide bonds. The number of carbonyl (C=O) groups is 12. The summed E-state index contributed by atoms with van der Waals surface area (Å²) in [6.45, 7) is 8.56. The lowest BCUT2D eigenvalue weighted by molar-refractivity contribution is -0.145. The van der Waals surface area contributed by atoms with Crippen LogP contribution in [-0.4, -0.2) is 164 Å². The number of nitrogens with two attached hydrogens (primary N) is 3. The monoisotopic (exact) mass is 1260 g/mol. The summed E-state index contributed by atoms with van der Waals surface area (Å²) in [5.74, 6) is -10.3. The highest BCUT2D eigenvalue weighted by molar-refractivity contribution is 6.23. The van der Waals surface area contributed by atoms with E-state index in [0.29, 0.717) is 35.2 Å². The number of imide groups is 2. The van der Waals surface area contributed by atoms with Crippen LogP contribution in [0.5, 0.6) is 5.75 Å². The fourth-order valence-electron chi connectivity index (χ4n) is 10.3. The molecule has 2 aliphatic rings. The van der Waals surface area contributed by atoms with Crippen molar-refractivity contribution in [3.63, 3.8) is 0 Å². The first-order chi connectivity index (χ1) is 43.1. The number of aromatic nitrogens is 2. The first-order valence-electron chi connectivity index (χ1n) is 29.6. The van der Waals surface area contributed by atoms with E-state index < -0.39 is 143 Å². The fraction of sp³-hybridized carbons (Fsp3) is 0.443. The molecule has 30 nitrogen and oxygen atoms in total. The second kappa shape index (κ2) is 33.9. The summed E-state index contributed by atoms with van der Waals surface area (Å²) < 4.78 is 0. The zero-order valence-corrected chi connectivity index (χ0v) is 51.2. The van der Waals surface area contributed by atoms with Crippen molar-refractivity contribution in [1.82, 2.24) is 62.7 Å². The number of rotatable bonds is 30. The molecule has 1 aromatic heterocycles. The summed E-state index contributed by atoms with van der Waals surface area (Å²) in [4.78, 5) is 165. The summed E-state index contributed by atoms with van der Waals surface area (Å²) >= 11 is 0. The molecule has 0 unspecified atom stereocenters. The Hall–Kier alpha value is -10.3. The molecule has 4 aromatic rings. The molecule has 2 aliphatic heterocycles. The number of nitrogens with one attached hydrogen (secondary N) is 11. The van der Waals surface area contributed by atoms with E-state index in [2.05, 4.69) is 57.8 Å². The van der Waals surface area contributed by atoms with Crippen molar-refractivity contribution in [1.29, 1.82) is 5.41 Å².